The Morgan fingerprint density at radius 3 is 2.60 bits per heavy atom. The Hall–Kier alpha value is -2.41. The Bertz CT molecular complexity index is 962. The van der Waals surface area contributed by atoms with Gasteiger partial charge in [0.05, 0.1) is 24.8 Å². The van der Waals surface area contributed by atoms with E-state index < -0.39 is 6.04 Å². The van der Waals surface area contributed by atoms with Crippen molar-refractivity contribution in [2.75, 3.05) is 0 Å². The zero-order chi connectivity index (χ0) is 17.4. The smallest absolute Gasteiger partial charge is 0.163 e. The van der Waals surface area contributed by atoms with Crippen molar-refractivity contribution in [1.82, 2.24) is 19.5 Å². The summed E-state index contributed by atoms with van der Waals surface area (Å²) in [6, 6.07) is 8.47. The number of hydrogen-bond donors (Lipinski definition) is 1. The average molecular weight is 374 g/mol. The Kier molecular flexibility index (Phi) is 4.17. The monoisotopic (exact) mass is 373 g/mol. The summed E-state index contributed by atoms with van der Waals surface area (Å²) in [5, 5.41) is 1.17. The molecule has 0 aliphatic carbocycles. The van der Waals surface area contributed by atoms with Crippen LogP contribution in [0.4, 0.5) is 0 Å². The molecule has 0 fully saturated rings. The molecular weight excluding hydrogens is 361 g/mol. The highest BCUT2D eigenvalue weighted by molar-refractivity contribution is 6.35. The largest absolute Gasteiger partial charge is 0.467 e. The van der Waals surface area contributed by atoms with Crippen LogP contribution in [0, 0.1) is 0 Å². The molecule has 8 heteroatoms. The van der Waals surface area contributed by atoms with E-state index in [4.69, 9.17) is 33.4 Å². The quantitative estimate of drug-likeness (QED) is 0.588. The number of aromatic nitrogens is 4. The summed E-state index contributed by atoms with van der Waals surface area (Å²) in [4.78, 5) is 13.1. The minimum atomic E-state index is -0.521. The van der Waals surface area contributed by atoms with Gasteiger partial charge in [0.15, 0.2) is 5.82 Å². The van der Waals surface area contributed by atoms with Gasteiger partial charge in [0.2, 0.25) is 0 Å². The molecular formula is C17H13Cl2N5O. The first kappa shape index (κ1) is 16.1. The normalized spacial score (nSPS) is 12.6. The van der Waals surface area contributed by atoms with E-state index in [1.165, 1.54) is 6.33 Å². The van der Waals surface area contributed by atoms with E-state index in [0.29, 0.717) is 39.6 Å². The molecule has 1 aromatic heterocycles. The second-order valence-electron chi connectivity index (χ2n) is 5.50. The van der Waals surface area contributed by atoms with Crippen LogP contribution < -0.4 is 5.73 Å². The molecule has 3 heterocycles. The van der Waals surface area contributed by atoms with Crippen LogP contribution in [0.1, 0.15) is 23.1 Å². The third-order valence-corrected chi connectivity index (χ3v) is 4.67. The van der Waals surface area contributed by atoms with Gasteiger partial charge in [-0.25, -0.2) is 15.0 Å². The van der Waals surface area contributed by atoms with Crippen molar-refractivity contribution in [1.29, 1.82) is 0 Å². The van der Waals surface area contributed by atoms with Gasteiger partial charge in [-0.3, -0.25) is 0 Å². The molecule has 2 aliphatic heterocycles. The summed E-state index contributed by atoms with van der Waals surface area (Å²) in [7, 11) is 0. The molecule has 1 atom stereocenters. The van der Waals surface area contributed by atoms with Gasteiger partial charge in [-0.1, -0.05) is 29.3 Å². The van der Waals surface area contributed by atoms with Gasteiger partial charge in [-0.2, -0.15) is 0 Å². The molecule has 126 valence electrons. The van der Waals surface area contributed by atoms with Crippen molar-refractivity contribution in [3.05, 3.63) is 76.3 Å². The fraction of sp³-hybridized carbons (Fsp3) is 0.118. The zero-order valence-corrected chi connectivity index (χ0v) is 14.4. The van der Waals surface area contributed by atoms with Crippen LogP contribution in [0.5, 0.6) is 0 Å². The molecule has 2 aliphatic rings. The second kappa shape index (κ2) is 6.48. The van der Waals surface area contributed by atoms with Gasteiger partial charge in [0.1, 0.15) is 23.8 Å². The number of nitrogens with zero attached hydrogens (tertiary/aromatic N) is 4. The number of nitrogens with two attached hydrogens (primary N) is 1. The van der Waals surface area contributed by atoms with Gasteiger partial charge in [0.25, 0.3) is 0 Å². The predicted octanol–water partition coefficient (Wildman–Crippen LogP) is 3.77. The first-order valence-corrected chi connectivity index (χ1v) is 8.28. The first-order chi connectivity index (χ1) is 12.1. The molecule has 0 amide bonds. The molecule has 0 radical (unpaired) electrons. The van der Waals surface area contributed by atoms with Crippen LogP contribution in [-0.4, -0.2) is 19.5 Å². The zero-order valence-electron chi connectivity index (χ0n) is 12.9. The first-order valence-electron chi connectivity index (χ1n) is 7.52. The summed E-state index contributed by atoms with van der Waals surface area (Å²) in [5.74, 6) is 1.27. The highest BCUT2D eigenvalue weighted by Crippen LogP contribution is 2.30. The number of benzene rings is 1. The van der Waals surface area contributed by atoms with Crippen LogP contribution in [0.3, 0.4) is 0 Å². The van der Waals surface area contributed by atoms with Crippen LogP contribution in [0.25, 0.3) is 11.5 Å². The van der Waals surface area contributed by atoms with Crippen molar-refractivity contribution in [3.8, 4) is 11.5 Å². The third kappa shape index (κ3) is 2.89. The minimum absolute atomic E-state index is 0.428. The Morgan fingerprint density at radius 2 is 1.88 bits per heavy atom. The van der Waals surface area contributed by atoms with Crippen molar-refractivity contribution in [3.63, 3.8) is 0 Å². The van der Waals surface area contributed by atoms with E-state index >= 15 is 0 Å². The maximum absolute atomic E-state index is 6.27. The number of furan rings is 1. The molecule has 1 unspecified atom stereocenters. The topological polar surface area (TPSA) is 82.8 Å². The Morgan fingerprint density at radius 1 is 1.08 bits per heavy atom. The van der Waals surface area contributed by atoms with Crippen molar-refractivity contribution < 1.29 is 4.42 Å². The van der Waals surface area contributed by atoms with E-state index in [1.807, 2.05) is 4.57 Å². The average Bonchev–Trinajstić information content (AvgIpc) is 3.29. The number of imidazole rings is 1. The summed E-state index contributed by atoms with van der Waals surface area (Å²) in [6.07, 6.45) is 4.72. The van der Waals surface area contributed by atoms with Gasteiger partial charge in [0, 0.05) is 15.6 Å². The van der Waals surface area contributed by atoms with Gasteiger partial charge < -0.3 is 14.7 Å². The fourth-order valence-electron chi connectivity index (χ4n) is 2.70. The highest BCUT2D eigenvalue weighted by atomic mass is 35.5. The summed E-state index contributed by atoms with van der Waals surface area (Å²) in [5.41, 5.74) is 8.28. The van der Waals surface area contributed by atoms with E-state index in [2.05, 4.69) is 15.0 Å². The molecule has 0 saturated carbocycles. The van der Waals surface area contributed by atoms with E-state index in [9.17, 15) is 0 Å². The number of hydrogen-bond acceptors (Lipinski definition) is 5. The molecule has 6 nitrogen and oxygen atoms in total. The van der Waals surface area contributed by atoms with Gasteiger partial charge >= 0.3 is 0 Å². The number of rotatable bonds is 4. The SMILES string of the molecule is NC(c1ccco1)c1ncn(Cc2c(Cl)cccc2Cl)c2ncnc1-2. The Labute approximate surface area is 153 Å². The lowest BCUT2D eigenvalue weighted by molar-refractivity contribution is 0.485. The lowest BCUT2D eigenvalue weighted by Gasteiger charge is -2.17. The molecule has 25 heavy (non-hydrogen) atoms. The number of halogens is 2. The van der Waals surface area contributed by atoms with Gasteiger partial charge in [-0.05, 0) is 24.3 Å². The van der Waals surface area contributed by atoms with Crippen LogP contribution in [-0.2, 0) is 6.54 Å². The molecule has 0 bridgehead atoms. The summed E-state index contributed by atoms with van der Waals surface area (Å²) < 4.78 is 7.22. The lowest BCUT2D eigenvalue weighted by Crippen LogP contribution is -2.18. The van der Waals surface area contributed by atoms with Crippen LogP contribution in [0.15, 0.2) is 53.7 Å². The minimum Gasteiger partial charge on any atom is -0.467 e. The predicted molar refractivity (Wildman–Crippen MR) is 94.7 cm³/mol. The van der Waals surface area contributed by atoms with Gasteiger partial charge in [-0.15, -0.1) is 0 Å². The van der Waals surface area contributed by atoms with E-state index in [-0.39, 0.29) is 0 Å². The van der Waals surface area contributed by atoms with E-state index in [1.54, 1.807) is 42.9 Å². The third-order valence-electron chi connectivity index (χ3n) is 3.96. The van der Waals surface area contributed by atoms with Crippen LogP contribution in [0.2, 0.25) is 10.0 Å². The lowest BCUT2D eigenvalue weighted by atomic mass is 10.1. The molecule has 1 aromatic carbocycles. The number of fused-ring (bicyclic) bond motifs is 1. The maximum atomic E-state index is 6.27. The maximum Gasteiger partial charge on any atom is 0.163 e. The Balaban J connectivity index is 1.75. The van der Waals surface area contributed by atoms with Crippen molar-refractivity contribution in [2.24, 2.45) is 5.73 Å². The highest BCUT2D eigenvalue weighted by Gasteiger charge is 2.24. The standard InChI is InChI=1S/C17H13Cl2N5O/c18-11-3-1-4-12(19)10(11)7-24-9-23-15(16-17(24)22-8-21-16)14(20)13-5-2-6-25-13/h1-6,8-9,14H,7,20H2. The molecule has 2 N–H and O–H groups in total. The molecule has 0 saturated heterocycles. The van der Waals surface area contributed by atoms with E-state index in [0.717, 1.165) is 5.56 Å². The summed E-state index contributed by atoms with van der Waals surface area (Å²) in [6.45, 7) is 0.428. The summed E-state index contributed by atoms with van der Waals surface area (Å²) >= 11 is 12.5. The fourth-order valence-corrected chi connectivity index (χ4v) is 3.22. The van der Waals surface area contributed by atoms with Crippen molar-refractivity contribution in [2.45, 2.75) is 12.6 Å². The second-order valence-corrected chi connectivity index (χ2v) is 6.31. The van der Waals surface area contributed by atoms with Crippen LogP contribution >= 0.6 is 23.2 Å². The molecule has 4 rings (SSSR count). The molecule has 2 aromatic rings. The van der Waals surface area contributed by atoms with Crippen molar-refractivity contribution >= 4 is 23.2 Å². The molecule has 0 spiro atoms.